The average molecular weight is 390 g/mol. The van der Waals surface area contributed by atoms with E-state index in [2.05, 4.69) is 55.5 Å². The second kappa shape index (κ2) is 8.02. The molecule has 1 aliphatic rings. The van der Waals surface area contributed by atoms with E-state index in [1.165, 1.54) is 36.0 Å². The van der Waals surface area contributed by atoms with Gasteiger partial charge in [0.2, 0.25) is 5.91 Å². The number of likely N-dealkylation sites (N-methyl/N-ethyl adjacent to an activating group) is 1. The van der Waals surface area contributed by atoms with E-state index in [4.69, 9.17) is 4.98 Å². The summed E-state index contributed by atoms with van der Waals surface area (Å²) in [5, 5.41) is 0. The first-order chi connectivity index (χ1) is 13.9. The lowest BCUT2D eigenvalue weighted by Crippen LogP contribution is -2.39. The maximum Gasteiger partial charge on any atom is 0.228 e. The lowest BCUT2D eigenvalue weighted by Gasteiger charge is -2.31. The third-order valence-electron chi connectivity index (χ3n) is 6.50. The van der Waals surface area contributed by atoms with Crippen LogP contribution in [0.15, 0.2) is 36.5 Å². The van der Waals surface area contributed by atoms with Gasteiger partial charge in [0.25, 0.3) is 0 Å². The third kappa shape index (κ3) is 3.93. The predicted octanol–water partition coefficient (Wildman–Crippen LogP) is 5.26. The van der Waals surface area contributed by atoms with E-state index in [1.54, 1.807) is 0 Å². The largest absolute Gasteiger partial charge is 0.342 e. The molecule has 2 aromatic heterocycles. The first-order valence-electron chi connectivity index (χ1n) is 10.7. The van der Waals surface area contributed by atoms with Crippen molar-refractivity contribution < 1.29 is 4.79 Å². The van der Waals surface area contributed by atoms with Crippen molar-refractivity contribution in [2.24, 2.45) is 0 Å². The number of imidazole rings is 1. The highest BCUT2D eigenvalue weighted by molar-refractivity contribution is 5.82. The van der Waals surface area contributed by atoms with Crippen molar-refractivity contribution in [1.29, 1.82) is 0 Å². The number of fused-ring (bicyclic) bond motifs is 1. The molecule has 2 heterocycles. The highest BCUT2D eigenvalue weighted by Gasteiger charge is 2.25. The van der Waals surface area contributed by atoms with Crippen LogP contribution in [0.4, 0.5) is 0 Å². The van der Waals surface area contributed by atoms with Crippen LogP contribution >= 0.6 is 0 Å². The molecule has 4 heteroatoms. The molecule has 1 saturated carbocycles. The lowest BCUT2D eigenvalue weighted by molar-refractivity contribution is -0.131. The molecular formula is C25H31N3O. The molecular weight excluding hydrogens is 358 g/mol. The zero-order chi connectivity index (χ0) is 20.5. The van der Waals surface area contributed by atoms with Crippen LogP contribution in [-0.4, -0.2) is 33.3 Å². The number of benzene rings is 1. The Balaban J connectivity index is 1.73. The summed E-state index contributed by atoms with van der Waals surface area (Å²) in [5.41, 5.74) is 7.57. The molecule has 0 unspecified atom stereocenters. The molecule has 0 N–H and O–H groups in total. The summed E-state index contributed by atoms with van der Waals surface area (Å²) in [6, 6.07) is 11.0. The average Bonchev–Trinajstić information content (AvgIpc) is 3.07. The molecule has 0 saturated heterocycles. The highest BCUT2D eigenvalue weighted by atomic mass is 16.2. The number of rotatable bonds is 4. The molecule has 4 nitrogen and oxygen atoms in total. The standard InChI is InChI=1S/C25H31N3O/c1-17-12-13-28-22(16-24(29)27(4)21-8-6-5-7-9-21)25(26-23(28)14-17)20-11-10-18(2)19(3)15-20/h10-15,21H,5-9,16H2,1-4H3. The molecule has 1 fully saturated rings. The predicted molar refractivity (Wildman–Crippen MR) is 118 cm³/mol. The van der Waals surface area contributed by atoms with Gasteiger partial charge in [-0.3, -0.25) is 4.79 Å². The molecule has 0 atom stereocenters. The van der Waals surface area contributed by atoms with E-state index in [1.807, 2.05) is 18.1 Å². The van der Waals surface area contributed by atoms with E-state index in [0.29, 0.717) is 12.5 Å². The quantitative estimate of drug-likeness (QED) is 0.610. The normalized spacial score (nSPS) is 15.0. The van der Waals surface area contributed by atoms with E-state index >= 15 is 0 Å². The van der Waals surface area contributed by atoms with E-state index in [0.717, 1.165) is 35.4 Å². The summed E-state index contributed by atoms with van der Waals surface area (Å²) >= 11 is 0. The fraction of sp³-hybridized carbons (Fsp3) is 0.440. The number of carbonyl (C=O) groups excluding carboxylic acids is 1. The van der Waals surface area contributed by atoms with Gasteiger partial charge in [-0.1, -0.05) is 31.4 Å². The second-order valence-corrected chi connectivity index (χ2v) is 8.61. The minimum absolute atomic E-state index is 0.185. The first kappa shape index (κ1) is 19.7. The van der Waals surface area contributed by atoms with Gasteiger partial charge in [-0.15, -0.1) is 0 Å². The smallest absolute Gasteiger partial charge is 0.228 e. The number of carbonyl (C=O) groups is 1. The van der Waals surface area contributed by atoms with Crippen LogP contribution in [0, 0.1) is 20.8 Å². The van der Waals surface area contributed by atoms with Gasteiger partial charge in [0.05, 0.1) is 17.8 Å². The van der Waals surface area contributed by atoms with Crippen molar-refractivity contribution in [2.75, 3.05) is 7.05 Å². The molecule has 29 heavy (non-hydrogen) atoms. The number of hydrogen-bond donors (Lipinski definition) is 0. The second-order valence-electron chi connectivity index (χ2n) is 8.61. The number of hydrogen-bond acceptors (Lipinski definition) is 2. The molecule has 1 amide bonds. The van der Waals surface area contributed by atoms with Gasteiger partial charge < -0.3 is 9.30 Å². The van der Waals surface area contributed by atoms with Gasteiger partial charge >= 0.3 is 0 Å². The molecule has 1 aromatic carbocycles. The lowest BCUT2D eigenvalue weighted by atomic mass is 9.94. The van der Waals surface area contributed by atoms with Gasteiger partial charge in [0.1, 0.15) is 5.65 Å². The highest BCUT2D eigenvalue weighted by Crippen LogP contribution is 2.28. The van der Waals surface area contributed by atoms with Crippen LogP contribution in [0.2, 0.25) is 0 Å². The summed E-state index contributed by atoms with van der Waals surface area (Å²) in [4.78, 5) is 20.1. The van der Waals surface area contributed by atoms with Gasteiger partial charge in [-0.2, -0.15) is 0 Å². The molecule has 0 aliphatic heterocycles. The van der Waals surface area contributed by atoms with Gasteiger partial charge in [0.15, 0.2) is 0 Å². The van der Waals surface area contributed by atoms with Crippen LogP contribution in [0.3, 0.4) is 0 Å². The van der Waals surface area contributed by atoms with Gasteiger partial charge in [-0.05, 0) is 68.5 Å². The minimum Gasteiger partial charge on any atom is -0.342 e. The summed E-state index contributed by atoms with van der Waals surface area (Å²) in [6.45, 7) is 6.32. The Labute approximate surface area is 173 Å². The zero-order valence-corrected chi connectivity index (χ0v) is 18.0. The van der Waals surface area contributed by atoms with Crippen LogP contribution in [0.5, 0.6) is 0 Å². The number of aryl methyl sites for hydroxylation is 3. The van der Waals surface area contributed by atoms with Crippen LogP contribution in [0.25, 0.3) is 16.9 Å². The minimum atomic E-state index is 0.185. The Kier molecular flexibility index (Phi) is 5.44. The Morgan fingerprint density at radius 3 is 2.55 bits per heavy atom. The van der Waals surface area contributed by atoms with Gasteiger partial charge in [-0.25, -0.2) is 4.98 Å². The number of amides is 1. The van der Waals surface area contributed by atoms with Gasteiger partial charge in [0, 0.05) is 24.8 Å². The van der Waals surface area contributed by atoms with Crippen molar-refractivity contribution in [1.82, 2.24) is 14.3 Å². The summed E-state index contributed by atoms with van der Waals surface area (Å²) in [5.74, 6) is 0.185. The fourth-order valence-electron chi connectivity index (χ4n) is 4.43. The topological polar surface area (TPSA) is 37.6 Å². The molecule has 0 bridgehead atoms. The zero-order valence-electron chi connectivity index (χ0n) is 18.0. The van der Waals surface area contributed by atoms with Crippen LogP contribution in [-0.2, 0) is 11.2 Å². The number of nitrogens with zero attached hydrogens (tertiary/aromatic N) is 3. The van der Waals surface area contributed by atoms with Crippen molar-refractivity contribution in [3.05, 3.63) is 58.9 Å². The number of aromatic nitrogens is 2. The van der Waals surface area contributed by atoms with Crippen molar-refractivity contribution in [2.45, 2.75) is 65.3 Å². The summed E-state index contributed by atoms with van der Waals surface area (Å²) in [7, 11) is 1.97. The maximum absolute atomic E-state index is 13.2. The molecule has 4 rings (SSSR count). The first-order valence-corrected chi connectivity index (χ1v) is 10.7. The third-order valence-corrected chi connectivity index (χ3v) is 6.50. The van der Waals surface area contributed by atoms with Crippen molar-refractivity contribution in [3.8, 4) is 11.3 Å². The van der Waals surface area contributed by atoms with E-state index in [-0.39, 0.29) is 5.91 Å². The van der Waals surface area contributed by atoms with Crippen molar-refractivity contribution in [3.63, 3.8) is 0 Å². The van der Waals surface area contributed by atoms with Crippen molar-refractivity contribution >= 4 is 11.6 Å². The number of pyridine rings is 1. The monoisotopic (exact) mass is 389 g/mol. The maximum atomic E-state index is 13.2. The molecule has 3 aromatic rings. The molecule has 152 valence electrons. The SMILES string of the molecule is Cc1ccn2c(CC(=O)N(C)C3CCCCC3)c(-c3ccc(C)c(C)c3)nc2c1. The molecule has 0 radical (unpaired) electrons. The van der Waals surface area contributed by atoms with E-state index in [9.17, 15) is 4.79 Å². The summed E-state index contributed by atoms with van der Waals surface area (Å²) in [6.07, 6.45) is 8.42. The summed E-state index contributed by atoms with van der Waals surface area (Å²) < 4.78 is 2.09. The fourth-order valence-corrected chi connectivity index (χ4v) is 4.43. The molecule has 1 aliphatic carbocycles. The Morgan fingerprint density at radius 1 is 1.07 bits per heavy atom. The Morgan fingerprint density at radius 2 is 1.83 bits per heavy atom. The Bertz CT molecular complexity index is 1040. The van der Waals surface area contributed by atoms with Crippen LogP contribution < -0.4 is 0 Å². The molecule has 0 spiro atoms. The van der Waals surface area contributed by atoms with Crippen LogP contribution in [0.1, 0.15) is 54.5 Å². The van der Waals surface area contributed by atoms with E-state index < -0.39 is 0 Å². The Hall–Kier alpha value is -2.62.